The Morgan fingerprint density at radius 2 is 1.86 bits per heavy atom. The second-order valence-corrected chi connectivity index (χ2v) is 9.73. The molecule has 2 aromatic carbocycles. The van der Waals surface area contributed by atoms with Gasteiger partial charge in [0.2, 0.25) is 0 Å². The van der Waals surface area contributed by atoms with Crippen LogP contribution in [0.2, 0.25) is 0 Å². The summed E-state index contributed by atoms with van der Waals surface area (Å²) in [6, 6.07) is 18.4. The highest BCUT2D eigenvalue weighted by Crippen LogP contribution is 2.46. The van der Waals surface area contributed by atoms with Gasteiger partial charge in [0.1, 0.15) is 21.2 Å². The maximum absolute atomic E-state index is 13.3. The number of pyridine rings is 1. The van der Waals surface area contributed by atoms with Gasteiger partial charge in [0.25, 0.3) is 5.91 Å². The van der Waals surface area contributed by atoms with E-state index < -0.39 is 0 Å². The summed E-state index contributed by atoms with van der Waals surface area (Å²) in [5, 5.41) is 6.76. The number of carbonyl (C=O) groups excluding carboxylic acids is 2. The number of carbonyl (C=O) groups is 2. The Labute approximate surface area is 205 Å². The van der Waals surface area contributed by atoms with Gasteiger partial charge in [-0.2, -0.15) is 0 Å². The predicted molar refractivity (Wildman–Crippen MR) is 137 cm³/mol. The summed E-state index contributed by atoms with van der Waals surface area (Å²) in [6.07, 6.45) is 4.19. The number of urea groups is 1. The number of nitrogens with zero attached hydrogens (tertiary/aromatic N) is 2. The molecule has 1 aliphatic heterocycles. The molecule has 6 rings (SSSR count). The Bertz CT molecular complexity index is 1420. The van der Waals surface area contributed by atoms with Gasteiger partial charge in [-0.15, -0.1) is 11.3 Å². The number of rotatable bonds is 5. The monoisotopic (exact) mass is 485 g/mol. The highest BCUT2D eigenvalue weighted by Gasteiger charge is 2.33. The molecule has 2 aromatic heterocycles. The first kappa shape index (κ1) is 21.6. The number of amides is 3. The summed E-state index contributed by atoms with van der Waals surface area (Å²) in [6.45, 7) is 0. The first-order valence-corrected chi connectivity index (χ1v) is 12.3. The summed E-state index contributed by atoms with van der Waals surface area (Å²) in [5.74, 6) is 1.20. The highest BCUT2D eigenvalue weighted by atomic mass is 32.1. The lowest BCUT2D eigenvalue weighted by atomic mass is 10.1. The van der Waals surface area contributed by atoms with Crippen molar-refractivity contribution in [1.29, 1.82) is 0 Å². The summed E-state index contributed by atoms with van der Waals surface area (Å²) in [7, 11) is 0. The number of ether oxygens (including phenoxy) is 1. The fraction of sp³-hybridized carbons (Fsp3) is 0.192. The number of hydrogen-bond donors (Lipinski definition) is 3. The van der Waals surface area contributed by atoms with Crippen molar-refractivity contribution in [2.75, 3.05) is 10.2 Å². The first-order valence-electron chi connectivity index (χ1n) is 11.5. The molecule has 3 heterocycles. The Balaban J connectivity index is 1.31. The van der Waals surface area contributed by atoms with E-state index >= 15 is 0 Å². The normalized spacial score (nSPS) is 19.0. The maximum Gasteiger partial charge on any atom is 0.331 e. The third-order valence-electron chi connectivity index (χ3n) is 6.33. The van der Waals surface area contributed by atoms with E-state index in [1.54, 1.807) is 17.2 Å². The quantitative estimate of drug-likeness (QED) is 0.352. The molecular formula is C26H23N5O3S. The van der Waals surface area contributed by atoms with E-state index in [2.05, 4.69) is 15.6 Å². The molecule has 1 fully saturated rings. The number of nitrogens with two attached hydrogens (primary N) is 1. The lowest BCUT2D eigenvalue weighted by molar-refractivity contribution is 0.0942. The summed E-state index contributed by atoms with van der Waals surface area (Å²) >= 11 is 1.28. The minimum Gasteiger partial charge on any atom is -0.457 e. The van der Waals surface area contributed by atoms with Crippen molar-refractivity contribution >= 4 is 50.6 Å². The fourth-order valence-electron chi connectivity index (χ4n) is 4.69. The van der Waals surface area contributed by atoms with Crippen molar-refractivity contribution in [3.05, 3.63) is 71.7 Å². The molecule has 4 N–H and O–H groups in total. The molecule has 0 saturated heterocycles. The number of para-hydroxylation sites is 1. The zero-order chi connectivity index (χ0) is 23.9. The Morgan fingerprint density at radius 3 is 2.60 bits per heavy atom. The lowest BCUT2D eigenvalue weighted by Crippen LogP contribution is -2.36. The molecule has 8 nitrogen and oxygen atoms in total. The van der Waals surface area contributed by atoms with E-state index in [0.717, 1.165) is 30.4 Å². The average Bonchev–Trinajstić information content (AvgIpc) is 3.44. The first-order chi connectivity index (χ1) is 17.1. The van der Waals surface area contributed by atoms with Gasteiger partial charge in [0.05, 0.1) is 22.4 Å². The minimum absolute atomic E-state index is 0.0507. The average molecular weight is 486 g/mol. The SMILES string of the molecule is N[C@@H]1CC[C@@H](NC(=O)c2sc3nccc4c3c2NC(=O)N4c2ccc(Oc3ccccc3)cc2)C1. The van der Waals surface area contributed by atoms with Crippen LogP contribution in [0.15, 0.2) is 66.9 Å². The summed E-state index contributed by atoms with van der Waals surface area (Å²) < 4.78 is 5.87. The van der Waals surface area contributed by atoms with Crippen LogP contribution in [-0.2, 0) is 0 Å². The molecular weight excluding hydrogens is 462 g/mol. The van der Waals surface area contributed by atoms with Crippen LogP contribution in [0.5, 0.6) is 11.5 Å². The molecule has 9 heteroatoms. The molecule has 0 spiro atoms. The van der Waals surface area contributed by atoms with Crippen molar-refractivity contribution in [3.8, 4) is 11.5 Å². The van der Waals surface area contributed by atoms with Gasteiger partial charge in [-0.25, -0.2) is 9.78 Å². The molecule has 2 atom stereocenters. The minimum atomic E-state index is -0.336. The number of nitrogens with one attached hydrogen (secondary N) is 2. The molecule has 176 valence electrons. The van der Waals surface area contributed by atoms with Crippen LogP contribution in [0.25, 0.3) is 10.2 Å². The molecule has 2 aliphatic rings. The molecule has 4 aromatic rings. The van der Waals surface area contributed by atoms with E-state index in [1.165, 1.54) is 11.3 Å². The van der Waals surface area contributed by atoms with Crippen LogP contribution in [-0.4, -0.2) is 29.0 Å². The van der Waals surface area contributed by atoms with Crippen LogP contribution in [0, 0.1) is 0 Å². The number of benzene rings is 2. The van der Waals surface area contributed by atoms with Crippen LogP contribution in [0.4, 0.5) is 21.9 Å². The number of anilines is 3. The van der Waals surface area contributed by atoms with Gasteiger partial charge in [0, 0.05) is 18.3 Å². The Hall–Kier alpha value is -3.95. The topological polar surface area (TPSA) is 110 Å². The van der Waals surface area contributed by atoms with Gasteiger partial charge in [-0.3, -0.25) is 9.69 Å². The Kier molecular flexibility index (Phi) is 5.35. The number of aromatic nitrogens is 1. The second kappa shape index (κ2) is 8.68. The molecule has 35 heavy (non-hydrogen) atoms. The molecule has 0 radical (unpaired) electrons. The van der Waals surface area contributed by atoms with Crippen molar-refractivity contribution < 1.29 is 14.3 Å². The van der Waals surface area contributed by atoms with Gasteiger partial charge in [-0.05, 0) is 61.7 Å². The van der Waals surface area contributed by atoms with Crippen molar-refractivity contribution in [3.63, 3.8) is 0 Å². The molecule has 0 unspecified atom stereocenters. The van der Waals surface area contributed by atoms with E-state index in [1.807, 2.05) is 54.6 Å². The lowest BCUT2D eigenvalue weighted by Gasteiger charge is -2.28. The van der Waals surface area contributed by atoms with Crippen LogP contribution < -0.4 is 26.0 Å². The van der Waals surface area contributed by atoms with Crippen molar-refractivity contribution in [2.45, 2.75) is 31.3 Å². The maximum atomic E-state index is 13.3. The summed E-state index contributed by atoms with van der Waals surface area (Å²) in [4.78, 5) is 33.6. The predicted octanol–water partition coefficient (Wildman–Crippen LogP) is 5.38. The zero-order valence-electron chi connectivity index (χ0n) is 18.7. The fourth-order valence-corrected chi connectivity index (χ4v) is 5.71. The van der Waals surface area contributed by atoms with Crippen LogP contribution in [0.3, 0.4) is 0 Å². The van der Waals surface area contributed by atoms with Gasteiger partial charge in [-0.1, -0.05) is 18.2 Å². The van der Waals surface area contributed by atoms with Gasteiger partial charge in [0.15, 0.2) is 0 Å². The third-order valence-corrected chi connectivity index (χ3v) is 7.43. The molecule has 3 amide bonds. The Morgan fingerprint density at radius 1 is 1.09 bits per heavy atom. The van der Waals surface area contributed by atoms with Crippen molar-refractivity contribution in [1.82, 2.24) is 10.3 Å². The second-order valence-electron chi connectivity index (χ2n) is 8.73. The van der Waals surface area contributed by atoms with E-state index in [-0.39, 0.29) is 24.0 Å². The largest absolute Gasteiger partial charge is 0.457 e. The standard InChI is InChI=1S/C26H23N5O3S/c27-15-6-7-16(14-15)29-24(32)23-22-21-20(12-13-28-25(21)35-23)31(26(33)30-22)17-8-10-19(11-9-17)34-18-4-2-1-3-5-18/h1-5,8-13,15-16H,6-7,14,27H2,(H,29,32)(H,30,33)/t15-,16-/m1/s1. The summed E-state index contributed by atoms with van der Waals surface area (Å²) in [5.41, 5.74) is 7.87. The van der Waals surface area contributed by atoms with E-state index in [9.17, 15) is 9.59 Å². The van der Waals surface area contributed by atoms with Crippen LogP contribution in [0.1, 0.15) is 28.9 Å². The zero-order valence-corrected chi connectivity index (χ0v) is 19.5. The van der Waals surface area contributed by atoms with E-state index in [0.29, 0.717) is 32.5 Å². The number of hydrogen-bond acceptors (Lipinski definition) is 6. The van der Waals surface area contributed by atoms with Gasteiger partial charge >= 0.3 is 6.03 Å². The molecule has 1 saturated carbocycles. The molecule has 0 bridgehead atoms. The molecule has 1 aliphatic carbocycles. The van der Waals surface area contributed by atoms with Gasteiger partial charge < -0.3 is 21.1 Å². The third kappa shape index (κ3) is 3.98. The number of thiophene rings is 1. The van der Waals surface area contributed by atoms with E-state index in [4.69, 9.17) is 10.5 Å². The smallest absolute Gasteiger partial charge is 0.331 e. The van der Waals surface area contributed by atoms with Crippen LogP contribution >= 0.6 is 11.3 Å². The van der Waals surface area contributed by atoms with Crippen molar-refractivity contribution in [2.24, 2.45) is 5.73 Å². The highest BCUT2D eigenvalue weighted by molar-refractivity contribution is 7.21.